The molecular weight excluding hydrogens is 254 g/mol. The average molecular weight is 268 g/mol. The van der Waals surface area contributed by atoms with E-state index in [1.807, 2.05) is 25.1 Å². The van der Waals surface area contributed by atoms with Crippen LogP contribution < -0.4 is 5.32 Å². The molecule has 15 heavy (non-hydrogen) atoms. The van der Waals surface area contributed by atoms with Crippen LogP contribution in [0.3, 0.4) is 0 Å². The Balaban J connectivity index is 2.67. The van der Waals surface area contributed by atoms with Crippen molar-refractivity contribution >= 4 is 27.5 Å². The third-order valence-electron chi connectivity index (χ3n) is 1.97. The van der Waals surface area contributed by atoms with E-state index in [9.17, 15) is 4.79 Å². The van der Waals surface area contributed by atoms with E-state index in [1.54, 1.807) is 6.08 Å². The topological polar surface area (TPSA) is 29.1 Å². The molecule has 0 radical (unpaired) electrons. The van der Waals surface area contributed by atoms with Gasteiger partial charge in [0.2, 0.25) is 5.91 Å². The lowest BCUT2D eigenvalue weighted by molar-refractivity contribution is -0.116. The molecule has 1 N–H and O–H groups in total. The summed E-state index contributed by atoms with van der Waals surface area (Å²) in [6, 6.07) is 5.86. The molecule has 0 aliphatic rings. The van der Waals surface area contributed by atoms with Gasteiger partial charge < -0.3 is 5.32 Å². The SMILES string of the molecule is C=CCCC(=O)Nc1cc(C)ccc1Br. The van der Waals surface area contributed by atoms with Crippen molar-refractivity contribution in [1.29, 1.82) is 0 Å². The van der Waals surface area contributed by atoms with E-state index in [0.29, 0.717) is 12.8 Å². The molecule has 0 unspecified atom stereocenters. The van der Waals surface area contributed by atoms with Gasteiger partial charge >= 0.3 is 0 Å². The van der Waals surface area contributed by atoms with Gasteiger partial charge in [-0.1, -0.05) is 12.1 Å². The maximum absolute atomic E-state index is 11.5. The highest BCUT2D eigenvalue weighted by atomic mass is 79.9. The summed E-state index contributed by atoms with van der Waals surface area (Å²) < 4.78 is 0.903. The van der Waals surface area contributed by atoms with E-state index in [0.717, 1.165) is 15.7 Å². The second-order valence-corrected chi connectivity index (χ2v) is 4.21. The van der Waals surface area contributed by atoms with Crippen LogP contribution in [-0.4, -0.2) is 5.91 Å². The molecule has 0 fully saturated rings. The van der Waals surface area contributed by atoms with Gasteiger partial charge in [-0.2, -0.15) is 0 Å². The van der Waals surface area contributed by atoms with E-state index in [-0.39, 0.29) is 5.91 Å². The molecule has 1 aromatic carbocycles. The third kappa shape index (κ3) is 3.88. The smallest absolute Gasteiger partial charge is 0.224 e. The number of hydrogen-bond donors (Lipinski definition) is 1. The van der Waals surface area contributed by atoms with Crippen LogP contribution in [0.5, 0.6) is 0 Å². The monoisotopic (exact) mass is 267 g/mol. The van der Waals surface area contributed by atoms with Crippen molar-refractivity contribution < 1.29 is 4.79 Å². The minimum atomic E-state index is 0.0150. The van der Waals surface area contributed by atoms with Crippen molar-refractivity contribution in [2.45, 2.75) is 19.8 Å². The molecule has 0 spiro atoms. The molecule has 80 valence electrons. The van der Waals surface area contributed by atoms with Crippen LogP contribution in [0.25, 0.3) is 0 Å². The van der Waals surface area contributed by atoms with Gasteiger partial charge in [-0.05, 0) is 47.0 Å². The van der Waals surface area contributed by atoms with Gasteiger partial charge in [-0.3, -0.25) is 4.79 Å². The second-order valence-electron chi connectivity index (χ2n) is 3.36. The first-order chi connectivity index (χ1) is 7.13. The number of allylic oxidation sites excluding steroid dienone is 1. The Morgan fingerprint density at radius 2 is 2.33 bits per heavy atom. The molecule has 1 amide bonds. The van der Waals surface area contributed by atoms with Gasteiger partial charge in [-0.15, -0.1) is 6.58 Å². The molecule has 0 aliphatic heterocycles. The van der Waals surface area contributed by atoms with E-state index in [4.69, 9.17) is 0 Å². The Labute approximate surface area is 98.5 Å². The maximum atomic E-state index is 11.5. The Hall–Kier alpha value is -1.09. The number of anilines is 1. The van der Waals surface area contributed by atoms with E-state index in [1.165, 1.54) is 0 Å². The predicted octanol–water partition coefficient (Wildman–Crippen LogP) is 3.66. The number of benzene rings is 1. The van der Waals surface area contributed by atoms with Gasteiger partial charge in [0.15, 0.2) is 0 Å². The number of hydrogen-bond acceptors (Lipinski definition) is 1. The molecule has 0 aromatic heterocycles. The first-order valence-electron chi connectivity index (χ1n) is 4.80. The molecule has 0 atom stereocenters. The molecule has 0 heterocycles. The summed E-state index contributed by atoms with van der Waals surface area (Å²) in [6.45, 7) is 5.57. The number of carbonyl (C=O) groups excluding carboxylic acids is 1. The fraction of sp³-hybridized carbons (Fsp3) is 0.250. The fourth-order valence-corrected chi connectivity index (χ4v) is 1.53. The van der Waals surface area contributed by atoms with Gasteiger partial charge in [0, 0.05) is 10.9 Å². The second kappa shape index (κ2) is 5.71. The van der Waals surface area contributed by atoms with E-state index < -0.39 is 0 Å². The first-order valence-corrected chi connectivity index (χ1v) is 5.59. The van der Waals surface area contributed by atoms with Crippen LogP contribution in [-0.2, 0) is 4.79 Å². The molecule has 1 aromatic rings. The normalized spacial score (nSPS) is 9.73. The summed E-state index contributed by atoms with van der Waals surface area (Å²) in [5, 5.41) is 2.85. The van der Waals surface area contributed by atoms with Gasteiger partial charge in [0.05, 0.1) is 5.69 Å². The molecule has 0 saturated heterocycles. The summed E-state index contributed by atoms with van der Waals surface area (Å²) in [7, 11) is 0. The van der Waals surface area contributed by atoms with Crippen molar-refractivity contribution in [3.8, 4) is 0 Å². The van der Waals surface area contributed by atoms with Crippen LogP contribution in [0.1, 0.15) is 18.4 Å². The summed E-state index contributed by atoms with van der Waals surface area (Å²) in [5.74, 6) is 0.0150. The van der Waals surface area contributed by atoms with Crippen LogP contribution >= 0.6 is 15.9 Å². The van der Waals surface area contributed by atoms with Crippen molar-refractivity contribution in [2.75, 3.05) is 5.32 Å². The molecule has 3 heteroatoms. The fourth-order valence-electron chi connectivity index (χ4n) is 1.18. The minimum absolute atomic E-state index is 0.0150. The molecule has 1 rings (SSSR count). The van der Waals surface area contributed by atoms with Crippen LogP contribution in [0, 0.1) is 6.92 Å². The number of aryl methyl sites for hydroxylation is 1. The zero-order chi connectivity index (χ0) is 11.3. The third-order valence-corrected chi connectivity index (χ3v) is 2.66. The maximum Gasteiger partial charge on any atom is 0.224 e. The van der Waals surface area contributed by atoms with Gasteiger partial charge in [0.25, 0.3) is 0 Å². The Morgan fingerprint density at radius 1 is 1.60 bits per heavy atom. The number of rotatable bonds is 4. The van der Waals surface area contributed by atoms with Gasteiger partial charge in [0.1, 0.15) is 0 Å². The number of amides is 1. The first kappa shape index (κ1) is 12.0. The largest absolute Gasteiger partial charge is 0.325 e. The van der Waals surface area contributed by atoms with E-state index >= 15 is 0 Å². The Kier molecular flexibility index (Phi) is 4.56. The quantitative estimate of drug-likeness (QED) is 0.829. The highest BCUT2D eigenvalue weighted by Crippen LogP contribution is 2.23. The Bertz CT molecular complexity index is 374. The zero-order valence-electron chi connectivity index (χ0n) is 8.72. The lowest BCUT2D eigenvalue weighted by Gasteiger charge is -2.07. The number of halogens is 1. The van der Waals surface area contributed by atoms with Crippen LogP contribution in [0.4, 0.5) is 5.69 Å². The number of nitrogens with one attached hydrogen (secondary N) is 1. The molecule has 0 aliphatic carbocycles. The highest BCUT2D eigenvalue weighted by Gasteiger charge is 2.04. The van der Waals surface area contributed by atoms with Crippen molar-refractivity contribution in [3.63, 3.8) is 0 Å². The zero-order valence-corrected chi connectivity index (χ0v) is 10.3. The summed E-state index contributed by atoms with van der Waals surface area (Å²) >= 11 is 3.39. The summed E-state index contributed by atoms with van der Waals surface area (Å²) in [4.78, 5) is 11.5. The lowest BCUT2D eigenvalue weighted by atomic mass is 10.2. The highest BCUT2D eigenvalue weighted by molar-refractivity contribution is 9.10. The molecular formula is C12H14BrNO. The molecule has 0 saturated carbocycles. The van der Waals surface area contributed by atoms with Crippen molar-refractivity contribution in [1.82, 2.24) is 0 Å². The van der Waals surface area contributed by atoms with Crippen LogP contribution in [0.15, 0.2) is 35.3 Å². The molecule has 0 bridgehead atoms. The minimum Gasteiger partial charge on any atom is -0.325 e. The van der Waals surface area contributed by atoms with Crippen molar-refractivity contribution in [3.05, 3.63) is 40.9 Å². The summed E-state index contributed by atoms with van der Waals surface area (Å²) in [5.41, 5.74) is 1.95. The lowest BCUT2D eigenvalue weighted by Crippen LogP contribution is -2.11. The van der Waals surface area contributed by atoms with E-state index in [2.05, 4.69) is 27.8 Å². The molecule has 2 nitrogen and oxygen atoms in total. The Morgan fingerprint density at radius 3 is 3.00 bits per heavy atom. The average Bonchev–Trinajstić information content (AvgIpc) is 2.20. The number of carbonyl (C=O) groups is 1. The van der Waals surface area contributed by atoms with Crippen molar-refractivity contribution in [2.24, 2.45) is 0 Å². The van der Waals surface area contributed by atoms with Crippen LogP contribution in [0.2, 0.25) is 0 Å². The van der Waals surface area contributed by atoms with Gasteiger partial charge in [-0.25, -0.2) is 0 Å². The summed E-state index contributed by atoms with van der Waals surface area (Å²) in [6.07, 6.45) is 2.92. The predicted molar refractivity (Wildman–Crippen MR) is 66.9 cm³/mol. The standard InChI is InChI=1S/C12H14BrNO/c1-3-4-5-12(15)14-11-8-9(2)6-7-10(11)13/h3,6-8H,1,4-5H2,2H3,(H,14,15).